The molecule has 0 saturated carbocycles. The second-order valence-corrected chi connectivity index (χ2v) is 11.9. The minimum Gasteiger partial charge on any atom is -0.487 e. The minimum absolute atomic E-state index is 0.0861. The average molecular weight is 595 g/mol. The Morgan fingerprint density at radius 3 is 2.76 bits per heavy atom. The predicted octanol–water partition coefficient (Wildman–Crippen LogP) is 4.15. The molecule has 0 unspecified atom stereocenters. The standard InChI is InChI=1S/C29H24ClFN4O5S/c1-41(37,38)12-11-35(36)16-23-7-10-27(40-23)20-5-8-26-24(14-20)29(33-18-32-26)34-22-6-9-28(25(30)15-22)39-17-19-3-2-4-21(31)13-19/h2-10,13-16,18,36H,11-12,17H2,1H3/b23-16+,27-20+,34-29?. The van der Waals surface area contributed by atoms with Crippen molar-refractivity contribution in [2.75, 3.05) is 18.6 Å². The maximum atomic E-state index is 13.4. The van der Waals surface area contributed by atoms with Crippen LogP contribution in [0.4, 0.5) is 10.1 Å². The number of rotatable bonds is 8. The molecule has 1 aliphatic rings. The van der Waals surface area contributed by atoms with E-state index >= 15 is 0 Å². The third kappa shape index (κ3) is 7.46. The molecular formula is C29H24ClFN4O5S. The number of fused-ring (bicyclic) bond motifs is 1. The molecule has 0 amide bonds. The number of aliphatic imine (C=N–C) groups is 2. The summed E-state index contributed by atoms with van der Waals surface area (Å²) in [5, 5.41) is 12.5. The summed E-state index contributed by atoms with van der Waals surface area (Å²) < 4.78 is 47.7. The van der Waals surface area contributed by atoms with Crippen molar-refractivity contribution in [3.8, 4) is 5.75 Å². The highest BCUT2D eigenvalue weighted by atomic mass is 35.5. The van der Waals surface area contributed by atoms with E-state index in [-0.39, 0.29) is 24.7 Å². The quantitative estimate of drug-likeness (QED) is 0.306. The molecule has 1 N–H and O–H groups in total. The first-order chi connectivity index (χ1) is 19.6. The molecule has 0 spiro atoms. The number of sulfone groups is 1. The number of furan rings is 1. The molecule has 0 radical (unpaired) electrons. The van der Waals surface area contributed by atoms with Gasteiger partial charge in [0.05, 0.1) is 34.6 Å². The summed E-state index contributed by atoms with van der Waals surface area (Å²) in [6.45, 7) is 0.0771. The van der Waals surface area contributed by atoms with Gasteiger partial charge < -0.3 is 9.15 Å². The Morgan fingerprint density at radius 2 is 1.98 bits per heavy atom. The molecule has 4 aromatic rings. The molecule has 0 bridgehead atoms. The van der Waals surface area contributed by atoms with E-state index in [1.165, 1.54) is 24.7 Å². The zero-order valence-corrected chi connectivity index (χ0v) is 23.3. The Balaban J connectivity index is 1.40. The summed E-state index contributed by atoms with van der Waals surface area (Å²) in [4.78, 5) is 13.3. The maximum absolute atomic E-state index is 13.4. The summed E-state index contributed by atoms with van der Waals surface area (Å²) in [6.07, 6.45) is 3.84. The van der Waals surface area contributed by atoms with Gasteiger partial charge in [0.25, 0.3) is 0 Å². The van der Waals surface area contributed by atoms with Crippen molar-refractivity contribution in [3.63, 3.8) is 0 Å². The molecule has 0 aliphatic carbocycles. The third-order valence-electron chi connectivity index (χ3n) is 5.93. The van der Waals surface area contributed by atoms with Crippen LogP contribution in [0.15, 0.2) is 92.2 Å². The highest BCUT2D eigenvalue weighted by Gasteiger charge is 2.11. The van der Waals surface area contributed by atoms with Crippen LogP contribution in [0.3, 0.4) is 0 Å². The third-order valence-corrected chi connectivity index (χ3v) is 7.15. The van der Waals surface area contributed by atoms with E-state index in [1.54, 1.807) is 42.5 Å². The van der Waals surface area contributed by atoms with Crippen LogP contribution in [0.1, 0.15) is 11.1 Å². The lowest BCUT2D eigenvalue weighted by molar-refractivity contribution is -0.0152. The fourth-order valence-electron chi connectivity index (χ4n) is 3.92. The smallest absolute Gasteiger partial charge is 0.163 e. The van der Waals surface area contributed by atoms with Gasteiger partial charge in [0.2, 0.25) is 0 Å². The lowest BCUT2D eigenvalue weighted by Crippen LogP contribution is -2.22. The Bertz CT molecular complexity index is 1990. The zero-order chi connectivity index (χ0) is 29.0. The van der Waals surface area contributed by atoms with Gasteiger partial charge in [-0.15, -0.1) is 0 Å². The molecule has 1 aromatic heterocycles. The highest BCUT2D eigenvalue weighted by molar-refractivity contribution is 7.90. The fourth-order valence-corrected chi connectivity index (χ4v) is 4.67. The van der Waals surface area contributed by atoms with Crippen molar-refractivity contribution in [2.45, 2.75) is 6.61 Å². The first kappa shape index (κ1) is 28.2. The van der Waals surface area contributed by atoms with E-state index in [1.807, 2.05) is 18.2 Å². The largest absolute Gasteiger partial charge is 0.487 e. The Hall–Kier alpha value is -4.32. The van der Waals surface area contributed by atoms with Crippen molar-refractivity contribution in [1.82, 2.24) is 5.06 Å². The van der Waals surface area contributed by atoms with Crippen LogP contribution in [0, 0.1) is 16.5 Å². The summed E-state index contributed by atoms with van der Waals surface area (Å²) in [7, 11) is -3.21. The Labute approximate surface area is 239 Å². The fraction of sp³-hybridized carbons (Fsp3) is 0.138. The van der Waals surface area contributed by atoms with Crippen LogP contribution < -0.4 is 15.5 Å². The van der Waals surface area contributed by atoms with Gasteiger partial charge in [0.1, 0.15) is 45.2 Å². The van der Waals surface area contributed by atoms with Gasteiger partial charge in [-0.1, -0.05) is 23.7 Å². The normalized spacial score (nSPS) is 15.0. The van der Waals surface area contributed by atoms with Crippen LogP contribution >= 0.6 is 11.6 Å². The molecule has 2 heterocycles. The second-order valence-electron chi connectivity index (χ2n) is 9.20. The van der Waals surface area contributed by atoms with Crippen molar-refractivity contribution < 1.29 is 27.2 Å². The van der Waals surface area contributed by atoms with Crippen molar-refractivity contribution in [3.05, 3.63) is 116 Å². The number of benzene rings is 3. The van der Waals surface area contributed by atoms with Crippen LogP contribution in [0.5, 0.6) is 5.75 Å². The van der Waals surface area contributed by atoms with Gasteiger partial charge in [0.15, 0.2) is 5.84 Å². The van der Waals surface area contributed by atoms with E-state index in [4.69, 9.17) is 20.8 Å². The van der Waals surface area contributed by atoms with E-state index in [2.05, 4.69) is 15.0 Å². The Morgan fingerprint density at radius 1 is 1.12 bits per heavy atom. The van der Waals surface area contributed by atoms with Crippen LogP contribution in [-0.2, 0) is 16.4 Å². The van der Waals surface area contributed by atoms with Crippen molar-refractivity contribution in [2.24, 2.45) is 15.0 Å². The van der Waals surface area contributed by atoms with Gasteiger partial charge in [0, 0.05) is 17.0 Å². The summed E-state index contributed by atoms with van der Waals surface area (Å²) >= 11 is 6.44. The lowest BCUT2D eigenvalue weighted by atomic mass is 10.1. The summed E-state index contributed by atoms with van der Waals surface area (Å²) in [5.74, 6) is 0.325. The molecule has 0 saturated heterocycles. The second kappa shape index (κ2) is 12.0. The maximum Gasteiger partial charge on any atom is 0.163 e. The molecule has 12 heteroatoms. The molecule has 9 nitrogen and oxygen atoms in total. The van der Waals surface area contributed by atoms with Gasteiger partial charge in [-0.25, -0.2) is 27.8 Å². The summed E-state index contributed by atoms with van der Waals surface area (Å²) in [6, 6.07) is 20.1. The molecular weight excluding hydrogens is 571 g/mol. The average Bonchev–Trinajstić information content (AvgIpc) is 3.39. The van der Waals surface area contributed by atoms with Crippen LogP contribution in [-0.4, -0.2) is 49.4 Å². The Kier molecular flexibility index (Phi) is 8.29. The number of amidine groups is 1. The van der Waals surface area contributed by atoms with Gasteiger partial charge in [-0.05, 0) is 66.2 Å². The van der Waals surface area contributed by atoms with Crippen molar-refractivity contribution in [1.29, 1.82) is 0 Å². The first-order valence-corrected chi connectivity index (χ1v) is 14.8. The number of ether oxygens (including phenoxy) is 1. The topological polar surface area (TPSA) is 117 Å². The monoisotopic (exact) mass is 594 g/mol. The summed E-state index contributed by atoms with van der Waals surface area (Å²) in [5.41, 5.74) is 2.77. The van der Waals surface area contributed by atoms with E-state index in [0.717, 1.165) is 16.5 Å². The first-order valence-electron chi connectivity index (χ1n) is 12.3. The van der Waals surface area contributed by atoms with Crippen LogP contribution in [0.2, 0.25) is 5.02 Å². The molecule has 41 heavy (non-hydrogen) atoms. The molecule has 210 valence electrons. The van der Waals surface area contributed by atoms with Gasteiger partial charge >= 0.3 is 0 Å². The highest BCUT2D eigenvalue weighted by Crippen LogP contribution is 2.30. The van der Waals surface area contributed by atoms with E-state index in [9.17, 15) is 18.0 Å². The van der Waals surface area contributed by atoms with Gasteiger partial charge in [-0.2, -0.15) is 0 Å². The molecule has 5 rings (SSSR count). The number of nitrogens with zero attached hydrogens (tertiary/aromatic N) is 4. The number of hydrogen-bond donors (Lipinski definition) is 1. The lowest BCUT2D eigenvalue weighted by Gasteiger charge is -2.10. The minimum atomic E-state index is -3.21. The molecule has 1 aliphatic heterocycles. The van der Waals surface area contributed by atoms with Crippen LogP contribution in [0.25, 0.3) is 6.20 Å². The van der Waals surface area contributed by atoms with Crippen molar-refractivity contribution >= 4 is 45.5 Å². The molecule has 0 atom stereocenters. The van der Waals surface area contributed by atoms with E-state index in [0.29, 0.717) is 49.6 Å². The van der Waals surface area contributed by atoms with Gasteiger partial charge in [-0.3, -0.25) is 10.3 Å². The molecule has 3 aromatic carbocycles. The van der Waals surface area contributed by atoms with E-state index < -0.39 is 9.84 Å². The molecule has 0 fully saturated rings. The number of hydrogen-bond acceptors (Lipinski definition) is 8. The zero-order valence-electron chi connectivity index (χ0n) is 21.7. The predicted molar refractivity (Wildman–Crippen MR) is 153 cm³/mol. The number of halogens is 2. The number of hydroxylamine groups is 2. The SMILES string of the molecule is CS(=O)(=O)CCN(O)/C=c1\cc/c(=c2/ccc3c(c2)C(=Nc2ccc(OCc4cccc(F)c4)c(Cl)c2)N=CN=3)o1.